The van der Waals surface area contributed by atoms with E-state index in [0.29, 0.717) is 0 Å². The van der Waals surface area contributed by atoms with Crippen molar-refractivity contribution < 1.29 is 0 Å². The molecule has 0 saturated heterocycles. The van der Waals surface area contributed by atoms with Gasteiger partial charge in [0.15, 0.2) is 4.80 Å². The van der Waals surface area contributed by atoms with Crippen molar-refractivity contribution in [3.63, 3.8) is 0 Å². The normalized spacial score (nSPS) is 17.3. The SMILES string of the molecule is CN(C)c1ccc(/C=c2\sc3n(c2=O)[C@H](c2cccs2)C2=C(N=3)c3ccccc3CC2)cc1. The van der Waals surface area contributed by atoms with Crippen LogP contribution in [0.25, 0.3) is 11.8 Å². The molecule has 1 aliphatic heterocycles. The molecule has 0 amide bonds. The molecule has 0 spiro atoms. The summed E-state index contributed by atoms with van der Waals surface area (Å²) in [5.41, 5.74) is 7.05. The maximum Gasteiger partial charge on any atom is 0.271 e. The van der Waals surface area contributed by atoms with Gasteiger partial charge in [-0.05, 0) is 59.2 Å². The zero-order valence-electron chi connectivity index (χ0n) is 18.5. The summed E-state index contributed by atoms with van der Waals surface area (Å²) < 4.78 is 2.64. The highest BCUT2D eigenvalue weighted by atomic mass is 32.1. The lowest BCUT2D eigenvalue weighted by molar-refractivity contribution is 0.593. The second kappa shape index (κ2) is 7.97. The van der Waals surface area contributed by atoms with E-state index in [0.717, 1.165) is 39.1 Å². The molecule has 3 heterocycles. The molecule has 0 radical (unpaired) electrons. The van der Waals surface area contributed by atoms with E-state index in [1.807, 2.05) is 24.7 Å². The first kappa shape index (κ1) is 20.4. The topological polar surface area (TPSA) is 37.6 Å². The first-order chi connectivity index (χ1) is 16.1. The van der Waals surface area contributed by atoms with E-state index >= 15 is 0 Å². The number of fused-ring (bicyclic) bond motifs is 3. The van der Waals surface area contributed by atoms with Crippen molar-refractivity contribution in [2.45, 2.75) is 18.9 Å². The number of aryl methyl sites for hydroxylation is 1. The molecule has 2 aromatic carbocycles. The van der Waals surface area contributed by atoms with Gasteiger partial charge in [-0.1, -0.05) is 53.8 Å². The third-order valence-electron chi connectivity index (χ3n) is 6.39. The lowest BCUT2D eigenvalue weighted by Gasteiger charge is -2.30. The quantitative estimate of drug-likeness (QED) is 0.445. The number of hydrogen-bond acceptors (Lipinski definition) is 5. The number of anilines is 1. The molecule has 2 aliphatic rings. The molecule has 0 saturated carbocycles. The van der Waals surface area contributed by atoms with Crippen molar-refractivity contribution in [1.82, 2.24) is 4.57 Å². The van der Waals surface area contributed by atoms with Crippen molar-refractivity contribution in [2.75, 3.05) is 19.0 Å². The van der Waals surface area contributed by atoms with Gasteiger partial charge < -0.3 is 4.90 Å². The van der Waals surface area contributed by atoms with Gasteiger partial charge in [0.05, 0.1) is 16.3 Å². The first-order valence-electron chi connectivity index (χ1n) is 11.0. The molecule has 1 atom stereocenters. The van der Waals surface area contributed by atoms with Crippen LogP contribution in [0.1, 0.15) is 34.0 Å². The Bertz CT molecular complexity index is 1550. The highest BCUT2D eigenvalue weighted by Crippen LogP contribution is 2.42. The molecular weight excluding hydrogens is 446 g/mol. The average molecular weight is 470 g/mol. The van der Waals surface area contributed by atoms with E-state index in [-0.39, 0.29) is 11.6 Å². The Morgan fingerprint density at radius 3 is 2.61 bits per heavy atom. The number of thiazole rings is 1. The Kier molecular flexibility index (Phi) is 4.93. The minimum absolute atomic E-state index is 0.0410. The summed E-state index contributed by atoms with van der Waals surface area (Å²) in [6.07, 6.45) is 3.90. The highest BCUT2D eigenvalue weighted by molar-refractivity contribution is 7.10. The highest BCUT2D eigenvalue weighted by Gasteiger charge is 2.32. The van der Waals surface area contributed by atoms with Gasteiger partial charge in [0.1, 0.15) is 0 Å². The first-order valence-corrected chi connectivity index (χ1v) is 12.7. The molecule has 0 bridgehead atoms. The standard InChI is InChI=1S/C27H23N3OS2/c1-29(2)19-12-9-17(10-13-19)16-23-26(31)30-25(22-8-5-15-32-22)21-14-11-18-6-3-4-7-20(18)24(21)28-27(30)33-23/h3-10,12-13,15-16,25H,11,14H2,1-2H3/b23-16-/t25-/m0/s1. The number of thiophene rings is 1. The van der Waals surface area contributed by atoms with E-state index in [9.17, 15) is 4.79 Å². The zero-order valence-corrected chi connectivity index (χ0v) is 20.1. The fraction of sp³-hybridized carbons (Fsp3) is 0.185. The third-order valence-corrected chi connectivity index (χ3v) is 8.30. The van der Waals surface area contributed by atoms with Crippen LogP contribution in [0.3, 0.4) is 0 Å². The van der Waals surface area contributed by atoms with Crippen LogP contribution in [-0.4, -0.2) is 18.7 Å². The van der Waals surface area contributed by atoms with E-state index in [1.54, 1.807) is 11.3 Å². The van der Waals surface area contributed by atoms with E-state index in [4.69, 9.17) is 4.99 Å². The van der Waals surface area contributed by atoms with Gasteiger partial charge in [-0.3, -0.25) is 9.36 Å². The van der Waals surface area contributed by atoms with Gasteiger partial charge in [0.2, 0.25) is 0 Å². The van der Waals surface area contributed by atoms with Crippen LogP contribution in [0, 0.1) is 0 Å². The van der Waals surface area contributed by atoms with Gasteiger partial charge in [-0.15, -0.1) is 11.3 Å². The summed E-state index contributed by atoms with van der Waals surface area (Å²) in [6, 6.07) is 20.9. The van der Waals surface area contributed by atoms with Crippen LogP contribution in [0.5, 0.6) is 0 Å². The summed E-state index contributed by atoms with van der Waals surface area (Å²) in [5.74, 6) is 0. The molecule has 6 rings (SSSR count). The molecule has 2 aromatic heterocycles. The Hall–Kier alpha value is -3.22. The molecule has 1 aliphatic carbocycles. The summed E-state index contributed by atoms with van der Waals surface area (Å²) in [7, 11) is 4.05. The molecular formula is C27H23N3OS2. The van der Waals surface area contributed by atoms with Crippen LogP contribution < -0.4 is 19.8 Å². The molecule has 6 heteroatoms. The lowest BCUT2D eigenvalue weighted by Crippen LogP contribution is -2.38. The largest absolute Gasteiger partial charge is 0.378 e. The Morgan fingerprint density at radius 2 is 1.85 bits per heavy atom. The second-order valence-electron chi connectivity index (χ2n) is 8.62. The van der Waals surface area contributed by atoms with Crippen molar-refractivity contribution >= 4 is 40.1 Å². The van der Waals surface area contributed by atoms with Crippen molar-refractivity contribution in [1.29, 1.82) is 0 Å². The van der Waals surface area contributed by atoms with Gasteiger partial charge in [0, 0.05) is 30.2 Å². The van der Waals surface area contributed by atoms with Crippen molar-refractivity contribution in [2.24, 2.45) is 4.99 Å². The number of hydrogen-bond donors (Lipinski definition) is 0. The Labute approximate surface area is 200 Å². The van der Waals surface area contributed by atoms with E-state index in [1.165, 1.54) is 32.9 Å². The van der Waals surface area contributed by atoms with Crippen LogP contribution in [-0.2, 0) is 6.42 Å². The minimum atomic E-state index is -0.0807. The number of benzene rings is 2. The summed E-state index contributed by atoms with van der Waals surface area (Å²) >= 11 is 3.20. The minimum Gasteiger partial charge on any atom is -0.378 e. The van der Waals surface area contributed by atoms with Crippen LogP contribution in [0.15, 0.2) is 81.4 Å². The Balaban J connectivity index is 1.56. The van der Waals surface area contributed by atoms with Gasteiger partial charge >= 0.3 is 0 Å². The zero-order chi connectivity index (χ0) is 22.5. The van der Waals surface area contributed by atoms with E-state index < -0.39 is 0 Å². The maximum absolute atomic E-state index is 13.7. The maximum atomic E-state index is 13.7. The lowest BCUT2D eigenvalue weighted by atomic mass is 9.85. The molecule has 4 nitrogen and oxygen atoms in total. The van der Waals surface area contributed by atoms with Crippen molar-refractivity contribution in [3.05, 3.63) is 113 Å². The predicted octanol–water partition coefficient (Wildman–Crippen LogP) is 4.45. The summed E-state index contributed by atoms with van der Waals surface area (Å²) in [6.45, 7) is 0. The monoisotopic (exact) mass is 469 g/mol. The third kappa shape index (κ3) is 3.41. The summed E-state index contributed by atoms with van der Waals surface area (Å²) in [4.78, 5) is 22.8. The van der Waals surface area contributed by atoms with Gasteiger partial charge in [-0.25, -0.2) is 4.99 Å². The smallest absolute Gasteiger partial charge is 0.271 e. The molecule has 0 unspecified atom stereocenters. The molecule has 4 aromatic rings. The van der Waals surface area contributed by atoms with Gasteiger partial charge in [-0.2, -0.15) is 0 Å². The molecule has 164 valence electrons. The van der Waals surface area contributed by atoms with Crippen LogP contribution in [0.4, 0.5) is 5.69 Å². The number of rotatable bonds is 3. The summed E-state index contributed by atoms with van der Waals surface area (Å²) in [5, 5.41) is 2.09. The fourth-order valence-corrected chi connectivity index (χ4v) is 6.59. The predicted molar refractivity (Wildman–Crippen MR) is 138 cm³/mol. The number of aromatic nitrogens is 1. The number of allylic oxidation sites excluding steroid dienone is 1. The molecule has 0 N–H and O–H groups in total. The van der Waals surface area contributed by atoms with E-state index in [2.05, 4.69) is 70.9 Å². The second-order valence-corrected chi connectivity index (χ2v) is 10.6. The average Bonchev–Trinajstić information content (AvgIpc) is 3.47. The van der Waals surface area contributed by atoms with Gasteiger partial charge in [0.25, 0.3) is 5.56 Å². The Morgan fingerprint density at radius 1 is 1.03 bits per heavy atom. The van der Waals surface area contributed by atoms with Crippen molar-refractivity contribution in [3.8, 4) is 0 Å². The molecule has 0 fully saturated rings. The van der Waals surface area contributed by atoms with Crippen LogP contribution in [0.2, 0.25) is 0 Å². The van der Waals surface area contributed by atoms with Crippen LogP contribution >= 0.6 is 22.7 Å². The molecule has 33 heavy (non-hydrogen) atoms. The number of nitrogens with zero attached hydrogens (tertiary/aromatic N) is 3. The fourth-order valence-electron chi connectivity index (χ4n) is 4.74.